The Balaban J connectivity index is 3.48. The maximum atomic E-state index is 6.61. The van der Waals surface area contributed by atoms with E-state index in [1.54, 1.807) is 0 Å². The molecule has 0 fully saturated rings. The maximum absolute atomic E-state index is 6.61. The fourth-order valence-electron chi connectivity index (χ4n) is 2.30. The highest BCUT2D eigenvalue weighted by Crippen LogP contribution is 2.24. The third kappa shape index (κ3) is 4.20. The van der Waals surface area contributed by atoms with Crippen LogP contribution in [-0.4, -0.2) is 25.2 Å². The van der Waals surface area contributed by atoms with E-state index in [0.717, 1.165) is 5.19 Å². The van der Waals surface area contributed by atoms with Crippen molar-refractivity contribution in [2.24, 2.45) is 0 Å². The Labute approximate surface area is 149 Å². The summed E-state index contributed by atoms with van der Waals surface area (Å²) < 4.78 is 13.2. The van der Waals surface area contributed by atoms with E-state index >= 15 is 0 Å². The molecule has 0 aliphatic heterocycles. The molecule has 126 valence electrons. The summed E-state index contributed by atoms with van der Waals surface area (Å²) in [5.41, 5.74) is 10.9. The lowest BCUT2D eigenvalue weighted by atomic mass is 10.4. The maximum Gasteiger partial charge on any atom is 0.350 e. The summed E-state index contributed by atoms with van der Waals surface area (Å²) in [5, 5.41) is 1.02. The van der Waals surface area contributed by atoms with Crippen molar-refractivity contribution < 1.29 is 8.23 Å². The molecule has 0 radical (unpaired) electrons. The van der Waals surface area contributed by atoms with E-state index in [4.69, 9.17) is 8.23 Å². The van der Waals surface area contributed by atoms with Crippen LogP contribution in [-0.2, 0) is 8.23 Å². The average Bonchev–Trinajstić information content (AvgIpc) is 2.65. The van der Waals surface area contributed by atoms with Gasteiger partial charge in [0.1, 0.15) is 0 Å². The van der Waals surface area contributed by atoms with Crippen LogP contribution in [0, 0.1) is 0 Å². The van der Waals surface area contributed by atoms with E-state index in [1.807, 2.05) is 71.1 Å². The Morgan fingerprint density at radius 1 is 0.667 bits per heavy atom. The molecule has 0 unspecified atom stereocenters. The predicted octanol–water partition coefficient (Wildman–Crippen LogP) is 4.24. The molecule has 0 saturated carbocycles. The van der Waals surface area contributed by atoms with Crippen molar-refractivity contribution in [2.75, 3.05) is 0 Å². The highest BCUT2D eigenvalue weighted by Gasteiger charge is 2.46. The molecule has 1 rings (SSSR count). The molecule has 1 aromatic carbocycles. The van der Waals surface area contributed by atoms with Crippen LogP contribution in [0.3, 0.4) is 0 Å². The van der Waals surface area contributed by atoms with Gasteiger partial charge < -0.3 is 8.23 Å². The van der Waals surface area contributed by atoms with Gasteiger partial charge in [-0.25, -0.2) is 0 Å². The van der Waals surface area contributed by atoms with Gasteiger partial charge in [-0.15, -0.1) is 39.5 Å². The molecule has 0 N–H and O–H groups in total. The van der Waals surface area contributed by atoms with E-state index < -0.39 is 25.2 Å². The summed E-state index contributed by atoms with van der Waals surface area (Å²) in [5.74, 6) is 0. The molecule has 0 atom stereocenters. The molecule has 5 heteroatoms. The van der Waals surface area contributed by atoms with Crippen LogP contribution < -0.4 is 5.19 Å². The van der Waals surface area contributed by atoms with Crippen LogP contribution in [0.5, 0.6) is 0 Å². The Morgan fingerprint density at radius 3 is 1.29 bits per heavy atom. The lowest BCUT2D eigenvalue weighted by Crippen LogP contribution is -2.62. The molecule has 0 amide bonds. The van der Waals surface area contributed by atoms with Gasteiger partial charge >= 0.3 is 8.56 Å². The van der Waals surface area contributed by atoms with Gasteiger partial charge in [0.25, 0.3) is 16.6 Å². The summed E-state index contributed by atoms with van der Waals surface area (Å²) in [7, 11) is -7.88. The van der Waals surface area contributed by atoms with Gasteiger partial charge in [-0.2, -0.15) is 0 Å². The van der Waals surface area contributed by atoms with E-state index in [0.29, 0.717) is 0 Å². The molecular formula is C19H26O2Si3. The monoisotopic (exact) mass is 370 g/mol. The molecule has 0 aliphatic rings. The summed E-state index contributed by atoms with van der Waals surface area (Å²) in [6, 6.07) is 9.97. The highest BCUT2D eigenvalue weighted by molar-refractivity contribution is 7.02. The standard InChI is InChI=1S/C19H26O2Si3/c1-8-23(9-2,10-3)20-22(7,19-17-15-14-16-18-19)21-24(11-4,12-5)13-6/h8-18H,1-6H2,7H3. The highest BCUT2D eigenvalue weighted by atomic mass is 28.5. The number of hydrogen-bond donors (Lipinski definition) is 0. The second-order valence-electron chi connectivity index (χ2n) is 5.45. The van der Waals surface area contributed by atoms with E-state index in [1.165, 1.54) is 0 Å². The Hall–Kier alpha value is -1.77. The van der Waals surface area contributed by atoms with Crippen molar-refractivity contribution in [3.63, 3.8) is 0 Å². The van der Waals surface area contributed by atoms with Crippen molar-refractivity contribution in [3.8, 4) is 0 Å². The van der Waals surface area contributed by atoms with Crippen LogP contribution in [0.1, 0.15) is 0 Å². The van der Waals surface area contributed by atoms with Crippen molar-refractivity contribution in [2.45, 2.75) is 6.55 Å². The van der Waals surface area contributed by atoms with Crippen molar-refractivity contribution >= 4 is 30.4 Å². The first-order chi connectivity index (χ1) is 11.4. The van der Waals surface area contributed by atoms with E-state index in [2.05, 4.69) is 39.5 Å². The van der Waals surface area contributed by atoms with E-state index in [9.17, 15) is 0 Å². The number of benzene rings is 1. The molecular weight excluding hydrogens is 344 g/mol. The van der Waals surface area contributed by atoms with Crippen molar-refractivity contribution in [1.29, 1.82) is 0 Å². The van der Waals surface area contributed by atoms with Gasteiger partial charge in [-0.1, -0.05) is 64.5 Å². The van der Waals surface area contributed by atoms with Gasteiger partial charge in [0.05, 0.1) is 0 Å². The number of hydrogen-bond acceptors (Lipinski definition) is 2. The van der Waals surface area contributed by atoms with Gasteiger partial charge in [-0.05, 0) is 11.7 Å². The topological polar surface area (TPSA) is 18.5 Å². The second-order valence-corrected chi connectivity index (χ2v) is 15.4. The van der Waals surface area contributed by atoms with Gasteiger partial charge in [0.15, 0.2) is 0 Å². The molecule has 2 nitrogen and oxygen atoms in total. The minimum atomic E-state index is -2.83. The van der Waals surface area contributed by atoms with Crippen molar-refractivity contribution in [1.82, 2.24) is 0 Å². The molecule has 0 aliphatic carbocycles. The Kier molecular flexibility index (Phi) is 7.07. The fourth-order valence-corrected chi connectivity index (χ4v) is 13.0. The zero-order valence-corrected chi connectivity index (χ0v) is 17.4. The fraction of sp³-hybridized carbons (Fsp3) is 0.0526. The van der Waals surface area contributed by atoms with Crippen LogP contribution in [0.2, 0.25) is 6.55 Å². The zero-order chi connectivity index (χ0) is 18.3. The summed E-state index contributed by atoms with van der Waals surface area (Å²) in [6.07, 6.45) is 0. The first-order valence-electron chi connectivity index (χ1n) is 7.66. The molecule has 0 saturated heterocycles. The predicted molar refractivity (Wildman–Crippen MR) is 113 cm³/mol. The molecule has 0 heterocycles. The van der Waals surface area contributed by atoms with Crippen LogP contribution >= 0.6 is 0 Å². The minimum absolute atomic E-state index is 1.02. The molecule has 0 bridgehead atoms. The van der Waals surface area contributed by atoms with E-state index in [-0.39, 0.29) is 0 Å². The Morgan fingerprint density at radius 2 is 1.00 bits per heavy atom. The average molecular weight is 371 g/mol. The third-order valence-electron chi connectivity index (χ3n) is 3.96. The first-order valence-corrected chi connectivity index (χ1v) is 14.3. The van der Waals surface area contributed by atoms with Crippen LogP contribution in [0.25, 0.3) is 0 Å². The zero-order valence-electron chi connectivity index (χ0n) is 14.4. The molecule has 0 spiro atoms. The summed E-state index contributed by atoms with van der Waals surface area (Å²) in [6.45, 7) is 25.6. The van der Waals surface area contributed by atoms with Crippen LogP contribution in [0.4, 0.5) is 0 Å². The van der Waals surface area contributed by atoms with Gasteiger partial charge in [0, 0.05) is 0 Å². The summed E-state index contributed by atoms with van der Waals surface area (Å²) in [4.78, 5) is 0. The Bertz CT molecular complexity index is 560. The first kappa shape index (κ1) is 20.3. The SMILES string of the molecule is C=C[Si](C=C)(C=C)O[Si](C)(O[Si](C=C)(C=C)C=C)c1ccccc1. The largest absolute Gasteiger partial charge is 0.423 e. The smallest absolute Gasteiger partial charge is 0.350 e. The number of rotatable bonds is 11. The van der Waals surface area contributed by atoms with Gasteiger partial charge in [-0.3, -0.25) is 0 Å². The molecule has 24 heavy (non-hydrogen) atoms. The lowest BCUT2D eigenvalue weighted by molar-refractivity contribution is 0.418. The second kappa shape index (κ2) is 8.36. The lowest BCUT2D eigenvalue weighted by Gasteiger charge is -2.39. The normalized spacial score (nSPS) is 12.0. The quantitative estimate of drug-likeness (QED) is 0.542. The third-order valence-corrected chi connectivity index (χ3v) is 15.1. The van der Waals surface area contributed by atoms with Crippen molar-refractivity contribution in [3.05, 3.63) is 104 Å². The minimum Gasteiger partial charge on any atom is -0.423 e. The van der Waals surface area contributed by atoms with Gasteiger partial charge in [0.2, 0.25) is 0 Å². The molecule has 1 aromatic rings. The molecule has 0 aromatic heterocycles. The van der Waals surface area contributed by atoms with Crippen LogP contribution in [0.15, 0.2) is 104 Å². The summed E-state index contributed by atoms with van der Waals surface area (Å²) >= 11 is 0.